The van der Waals surface area contributed by atoms with Crippen LogP contribution in [0, 0.1) is 5.41 Å². The minimum Gasteiger partial charge on any atom is -0.355 e. The lowest BCUT2D eigenvalue weighted by Gasteiger charge is -2.36. The quantitative estimate of drug-likeness (QED) is 0.638. The molecule has 0 aliphatic rings. The lowest BCUT2D eigenvalue weighted by Crippen LogP contribution is -2.43. The number of likely N-dealkylation sites (N-methyl/N-ethyl adjacent to an activating group) is 1. The summed E-state index contributed by atoms with van der Waals surface area (Å²) in [6, 6.07) is 0.496. The molecule has 0 aliphatic carbocycles. The smallest absolute Gasteiger partial charge is 0.169 e. The normalized spacial score (nSPS) is 15.2. The highest BCUT2D eigenvalue weighted by Gasteiger charge is 2.25. The molecular weight excluding hydrogens is 178 g/mol. The van der Waals surface area contributed by atoms with Crippen LogP contribution in [0.15, 0.2) is 0 Å². The molecule has 0 amide bonds. The van der Waals surface area contributed by atoms with Gasteiger partial charge in [0.15, 0.2) is 6.29 Å². The van der Waals surface area contributed by atoms with Crippen LogP contribution in [0.1, 0.15) is 27.7 Å². The summed E-state index contributed by atoms with van der Waals surface area (Å²) in [5, 5.41) is 0. The van der Waals surface area contributed by atoms with Gasteiger partial charge in [0, 0.05) is 26.8 Å². The van der Waals surface area contributed by atoms with Crippen molar-refractivity contribution < 1.29 is 9.47 Å². The Morgan fingerprint density at radius 2 is 1.57 bits per heavy atom. The van der Waals surface area contributed by atoms with Gasteiger partial charge in [0.05, 0.1) is 0 Å². The third-order valence-corrected chi connectivity index (χ3v) is 2.88. The van der Waals surface area contributed by atoms with E-state index in [4.69, 9.17) is 9.47 Å². The van der Waals surface area contributed by atoms with E-state index in [9.17, 15) is 0 Å². The molecule has 0 radical (unpaired) electrons. The predicted octanol–water partition coefficient (Wildman–Crippen LogP) is 1.97. The van der Waals surface area contributed by atoms with Crippen molar-refractivity contribution in [1.29, 1.82) is 0 Å². The molecule has 1 atom stereocenters. The first-order valence-electron chi connectivity index (χ1n) is 5.08. The molecule has 0 heterocycles. The molecule has 0 N–H and O–H groups in total. The summed E-state index contributed by atoms with van der Waals surface area (Å²) in [6.45, 7) is 9.74. The number of hydrogen-bond acceptors (Lipinski definition) is 3. The maximum atomic E-state index is 5.17. The Morgan fingerprint density at radius 1 is 1.14 bits per heavy atom. The summed E-state index contributed by atoms with van der Waals surface area (Å²) in [6.07, 6.45) is -0.134. The third-order valence-electron chi connectivity index (χ3n) is 2.88. The van der Waals surface area contributed by atoms with Gasteiger partial charge in [-0.3, -0.25) is 4.90 Å². The van der Waals surface area contributed by atoms with Gasteiger partial charge >= 0.3 is 0 Å². The van der Waals surface area contributed by atoms with Crippen molar-refractivity contribution >= 4 is 0 Å². The van der Waals surface area contributed by atoms with Crippen molar-refractivity contribution in [3.63, 3.8) is 0 Å². The fourth-order valence-corrected chi connectivity index (χ4v) is 1.30. The van der Waals surface area contributed by atoms with E-state index in [1.807, 2.05) is 0 Å². The molecule has 0 bridgehead atoms. The largest absolute Gasteiger partial charge is 0.355 e. The highest BCUT2D eigenvalue weighted by atomic mass is 16.7. The lowest BCUT2D eigenvalue weighted by atomic mass is 9.87. The van der Waals surface area contributed by atoms with Gasteiger partial charge in [-0.1, -0.05) is 20.8 Å². The van der Waals surface area contributed by atoms with E-state index in [0.717, 1.165) is 6.54 Å². The zero-order valence-corrected chi connectivity index (χ0v) is 10.6. The molecule has 0 saturated heterocycles. The molecule has 0 fully saturated rings. The first kappa shape index (κ1) is 13.9. The molecule has 3 heteroatoms. The van der Waals surface area contributed by atoms with Gasteiger partial charge in [-0.2, -0.15) is 0 Å². The monoisotopic (exact) mass is 203 g/mol. The molecule has 0 aromatic heterocycles. The summed E-state index contributed by atoms with van der Waals surface area (Å²) in [4.78, 5) is 2.26. The Labute approximate surface area is 88.4 Å². The molecule has 0 aromatic rings. The maximum absolute atomic E-state index is 5.17. The summed E-state index contributed by atoms with van der Waals surface area (Å²) in [7, 11) is 5.44. The number of hydrogen-bond donors (Lipinski definition) is 0. The minimum absolute atomic E-state index is 0.134. The predicted molar refractivity (Wildman–Crippen MR) is 59.4 cm³/mol. The standard InChI is InChI=1S/C11H25NO2/c1-9(11(2,3)4)12(5)8-10(13-6)14-7/h9-10H,8H2,1-7H3. The summed E-state index contributed by atoms with van der Waals surface area (Å²) in [5.74, 6) is 0. The van der Waals surface area contributed by atoms with Crippen LogP contribution >= 0.6 is 0 Å². The van der Waals surface area contributed by atoms with Crippen LogP contribution in [0.3, 0.4) is 0 Å². The maximum Gasteiger partial charge on any atom is 0.169 e. The second kappa shape index (κ2) is 5.69. The average Bonchev–Trinajstić information content (AvgIpc) is 2.11. The van der Waals surface area contributed by atoms with Gasteiger partial charge in [-0.15, -0.1) is 0 Å². The van der Waals surface area contributed by atoms with Gasteiger partial charge in [0.2, 0.25) is 0 Å². The molecule has 14 heavy (non-hydrogen) atoms. The summed E-state index contributed by atoms with van der Waals surface area (Å²) in [5.41, 5.74) is 0.279. The van der Waals surface area contributed by atoms with Crippen LogP contribution in [-0.2, 0) is 9.47 Å². The summed E-state index contributed by atoms with van der Waals surface area (Å²) < 4.78 is 10.3. The second-order valence-electron chi connectivity index (χ2n) is 4.88. The lowest BCUT2D eigenvalue weighted by molar-refractivity contribution is -0.120. The number of ether oxygens (including phenoxy) is 2. The summed E-state index contributed by atoms with van der Waals surface area (Å²) >= 11 is 0. The molecule has 86 valence electrons. The van der Waals surface area contributed by atoms with Crippen molar-refractivity contribution in [2.75, 3.05) is 27.8 Å². The van der Waals surface area contributed by atoms with E-state index in [0.29, 0.717) is 6.04 Å². The molecule has 0 aliphatic heterocycles. The number of rotatable bonds is 5. The zero-order chi connectivity index (χ0) is 11.4. The van der Waals surface area contributed by atoms with E-state index in [2.05, 4.69) is 39.6 Å². The highest BCUT2D eigenvalue weighted by molar-refractivity contribution is 4.77. The van der Waals surface area contributed by atoms with Crippen molar-refractivity contribution in [3.05, 3.63) is 0 Å². The fraction of sp³-hybridized carbons (Fsp3) is 1.00. The minimum atomic E-state index is -0.134. The van der Waals surface area contributed by atoms with E-state index < -0.39 is 0 Å². The van der Waals surface area contributed by atoms with Crippen LogP contribution in [0.5, 0.6) is 0 Å². The Hall–Kier alpha value is -0.120. The Morgan fingerprint density at radius 3 is 1.86 bits per heavy atom. The Balaban J connectivity index is 4.13. The number of methoxy groups -OCH3 is 2. The molecule has 0 aromatic carbocycles. The van der Waals surface area contributed by atoms with Crippen molar-refractivity contribution in [3.8, 4) is 0 Å². The van der Waals surface area contributed by atoms with Crippen LogP contribution in [-0.4, -0.2) is 45.0 Å². The molecule has 0 spiro atoms. The first-order chi connectivity index (χ1) is 6.32. The van der Waals surface area contributed by atoms with Gasteiger partial charge < -0.3 is 9.47 Å². The van der Waals surface area contributed by atoms with Crippen LogP contribution in [0.25, 0.3) is 0 Å². The Bertz CT molecular complexity index is 150. The molecule has 0 saturated carbocycles. The van der Waals surface area contributed by atoms with Gasteiger partial charge in [-0.25, -0.2) is 0 Å². The van der Waals surface area contributed by atoms with Crippen LogP contribution in [0.2, 0.25) is 0 Å². The van der Waals surface area contributed by atoms with E-state index in [1.54, 1.807) is 14.2 Å². The molecular formula is C11H25NO2. The third kappa shape index (κ3) is 4.40. The Kier molecular flexibility index (Phi) is 5.64. The zero-order valence-electron chi connectivity index (χ0n) is 10.6. The van der Waals surface area contributed by atoms with Crippen molar-refractivity contribution in [1.82, 2.24) is 4.90 Å². The molecule has 0 rings (SSSR count). The molecule has 3 nitrogen and oxygen atoms in total. The van der Waals surface area contributed by atoms with Gasteiger partial charge in [-0.05, 0) is 19.4 Å². The topological polar surface area (TPSA) is 21.7 Å². The second-order valence-corrected chi connectivity index (χ2v) is 4.88. The van der Waals surface area contributed by atoms with E-state index in [1.165, 1.54) is 0 Å². The van der Waals surface area contributed by atoms with E-state index in [-0.39, 0.29) is 11.7 Å². The van der Waals surface area contributed by atoms with Crippen molar-refractivity contribution in [2.24, 2.45) is 5.41 Å². The molecule has 1 unspecified atom stereocenters. The van der Waals surface area contributed by atoms with Crippen LogP contribution in [0.4, 0.5) is 0 Å². The van der Waals surface area contributed by atoms with Crippen molar-refractivity contribution in [2.45, 2.75) is 40.0 Å². The fourth-order valence-electron chi connectivity index (χ4n) is 1.30. The van der Waals surface area contributed by atoms with Crippen LogP contribution < -0.4 is 0 Å². The number of nitrogens with zero attached hydrogens (tertiary/aromatic N) is 1. The average molecular weight is 203 g/mol. The first-order valence-corrected chi connectivity index (χ1v) is 5.08. The van der Waals surface area contributed by atoms with Gasteiger partial charge in [0.1, 0.15) is 0 Å². The highest BCUT2D eigenvalue weighted by Crippen LogP contribution is 2.23. The SMILES string of the molecule is COC(CN(C)C(C)C(C)(C)C)OC. The van der Waals surface area contributed by atoms with Gasteiger partial charge in [0.25, 0.3) is 0 Å². The van der Waals surface area contributed by atoms with E-state index >= 15 is 0 Å².